The normalized spacial score (nSPS) is 16.0. The Morgan fingerprint density at radius 3 is 2.17 bits per heavy atom. The number of hydrogen-bond acceptors (Lipinski definition) is 3. The quantitative estimate of drug-likeness (QED) is 0.642. The Hall–Kier alpha value is -3.14. The third-order valence-electron chi connectivity index (χ3n) is 3.91. The van der Waals surface area contributed by atoms with Crippen molar-refractivity contribution >= 4 is 23.6 Å². The second-order valence-electron chi connectivity index (χ2n) is 5.40. The molecule has 0 radical (unpaired) electrons. The van der Waals surface area contributed by atoms with Gasteiger partial charge in [0.1, 0.15) is 0 Å². The minimum atomic E-state index is -0.513. The molecular weight excluding hydrogens is 302 g/mol. The number of benzene rings is 2. The van der Waals surface area contributed by atoms with Crippen LogP contribution in [0.2, 0.25) is 0 Å². The topological polar surface area (TPSA) is 46.6 Å². The molecule has 2 aromatic carbocycles. The molecule has 1 aliphatic rings. The van der Waals surface area contributed by atoms with E-state index in [1.54, 1.807) is 17.9 Å². The zero-order valence-corrected chi connectivity index (χ0v) is 13.5. The fourth-order valence-electron chi connectivity index (χ4n) is 2.78. The second-order valence-corrected chi connectivity index (χ2v) is 5.40. The maximum Gasteiger partial charge on any atom is 0.340 e. The molecule has 2 aromatic rings. The van der Waals surface area contributed by atoms with Crippen molar-refractivity contribution in [2.24, 2.45) is 0 Å². The monoisotopic (exact) mass is 319 g/mol. The largest absolute Gasteiger partial charge is 0.465 e. The van der Waals surface area contributed by atoms with E-state index in [0.717, 1.165) is 11.3 Å². The molecule has 0 aromatic heterocycles. The van der Waals surface area contributed by atoms with Crippen LogP contribution in [0.25, 0.3) is 6.08 Å². The number of allylic oxidation sites excluding steroid dienone is 1. The first-order valence-corrected chi connectivity index (χ1v) is 7.59. The van der Waals surface area contributed by atoms with Crippen molar-refractivity contribution in [2.75, 3.05) is 12.0 Å². The van der Waals surface area contributed by atoms with Crippen molar-refractivity contribution in [2.45, 2.75) is 6.92 Å². The maximum atomic E-state index is 13.0. The number of nitrogens with zero attached hydrogens (tertiary/aromatic N) is 1. The van der Waals surface area contributed by atoms with Gasteiger partial charge in [-0.2, -0.15) is 0 Å². The van der Waals surface area contributed by atoms with Gasteiger partial charge in [0, 0.05) is 11.4 Å². The summed E-state index contributed by atoms with van der Waals surface area (Å²) in [5, 5.41) is 0. The Morgan fingerprint density at radius 1 is 1.00 bits per heavy atom. The smallest absolute Gasteiger partial charge is 0.340 e. The van der Waals surface area contributed by atoms with Gasteiger partial charge in [0.05, 0.1) is 18.3 Å². The SMILES string of the molecule is COC(=O)C1=C(C)N(c2ccccc2)C(=O)/C1=C\c1ccccc1. The van der Waals surface area contributed by atoms with Gasteiger partial charge in [-0.1, -0.05) is 48.5 Å². The highest BCUT2D eigenvalue weighted by atomic mass is 16.5. The van der Waals surface area contributed by atoms with Crippen molar-refractivity contribution in [1.82, 2.24) is 0 Å². The molecule has 24 heavy (non-hydrogen) atoms. The number of anilines is 1. The first-order chi connectivity index (χ1) is 11.6. The molecule has 0 fully saturated rings. The van der Waals surface area contributed by atoms with Crippen LogP contribution in [0.1, 0.15) is 12.5 Å². The zero-order chi connectivity index (χ0) is 17.1. The van der Waals surface area contributed by atoms with Crippen LogP contribution >= 0.6 is 0 Å². The van der Waals surface area contributed by atoms with Crippen LogP contribution in [0.3, 0.4) is 0 Å². The first kappa shape index (κ1) is 15.7. The van der Waals surface area contributed by atoms with E-state index in [1.807, 2.05) is 60.7 Å². The molecule has 120 valence electrons. The van der Waals surface area contributed by atoms with Crippen LogP contribution < -0.4 is 4.90 Å². The minimum absolute atomic E-state index is 0.233. The number of ether oxygens (including phenoxy) is 1. The summed E-state index contributed by atoms with van der Waals surface area (Å²) in [7, 11) is 1.32. The summed E-state index contributed by atoms with van der Waals surface area (Å²) in [6, 6.07) is 18.7. The molecule has 0 saturated heterocycles. The lowest BCUT2D eigenvalue weighted by Crippen LogP contribution is -2.24. The van der Waals surface area contributed by atoms with Gasteiger partial charge in [-0.05, 0) is 30.7 Å². The van der Waals surface area contributed by atoms with E-state index in [2.05, 4.69) is 0 Å². The summed E-state index contributed by atoms with van der Waals surface area (Å²) in [4.78, 5) is 26.8. The van der Waals surface area contributed by atoms with E-state index in [-0.39, 0.29) is 5.91 Å². The van der Waals surface area contributed by atoms with Gasteiger partial charge in [0.25, 0.3) is 5.91 Å². The van der Waals surface area contributed by atoms with Crippen LogP contribution in [-0.4, -0.2) is 19.0 Å². The van der Waals surface area contributed by atoms with Gasteiger partial charge in [0.15, 0.2) is 0 Å². The average molecular weight is 319 g/mol. The van der Waals surface area contributed by atoms with Crippen molar-refractivity contribution < 1.29 is 14.3 Å². The van der Waals surface area contributed by atoms with E-state index >= 15 is 0 Å². The lowest BCUT2D eigenvalue weighted by Gasteiger charge is -2.17. The molecule has 3 rings (SSSR count). The Bertz CT molecular complexity index is 836. The lowest BCUT2D eigenvalue weighted by atomic mass is 10.0. The van der Waals surface area contributed by atoms with E-state index in [0.29, 0.717) is 16.8 Å². The van der Waals surface area contributed by atoms with Crippen LogP contribution in [0.5, 0.6) is 0 Å². The molecule has 0 saturated carbocycles. The number of hydrogen-bond donors (Lipinski definition) is 0. The third kappa shape index (κ3) is 2.74. The fourth-order valence-corrected chi connectivity index (χ4v) is 2.78. The Kier molecular flexibility index (Phi) is 4.29. The summed E-state index contributed by atoms with van der Waals surface area (Å²) in [5.41, 5.74) is 2.78. The molecule has 0 N–H and O–H groups in total. The third-order valence-corrected chi connectivity index (χ3v) is 3.91. The Morgan fingerprint density at radius 2 is 1.58 bits per heavy atom. The number of carbonyl (C=O) groups excluding carboxylic acids is 2. The summed E-state index contributed by atoms with van der Waals surface area (Å²) in [5.74, 6) is -0.746. The Labute approximate surface area is 140 Å². The van der Waals surface area contributed by atoms with Gasteiger partial charge >= 0.3 is 5.97 Å². The van der Waals surface area contributed by atoms with Crippen LogP contribution in [-0.2, 0) is 14.3 Å². The number of para-hydroxylation sites is 1. The molecule has 0 aliphatic carbocycles. The number of rotatable bonds is 3. The highest BCUT2D eigenvalue weighted by Crippen LogP contribution is 2.35. The highest BCUT2D eigenvalue weighted by molar-refractivity contribution is 6.23. The number of amides is 1. The summed E-state index contributed by atoms with van der Waals surface area (Å²) in [6.07, 6.45) is 1.72. The molecule has 4 nitrogen and oxygen atoms in total. The first-order valence-electron chi connectivity index (χ1n) is 7.59. The van der Waals surface area contributed by atoms with E-state index in [4.69, 9.17) is 4.74 Å². The van der Waals surface area contributed by atoms with Gasteiger partial charge < -0.3 is 4.74 Å². The predicted octanol–water partition coefficient (Wildman–Crippen LogP) is 3.56. The predicted molar refractivity (Wildman–Crippen MR) is 93.1 cm³/mol. The summed E-state index contributed by atoms with van der Waals surface area (Å²) in [6.45, 7) is 1.75. The molecule has 4 heteroatoms. The molecule has 0 atom stereocenters. The molecule has 0 bridgehead atoms. The second kappa shape index (κ2) is 6.54. The van der Waals surface area contributed by atoms with Crippen molar-refractivity contribution in [3.8, 4) is 0 Å². The van der Waals surface area contributed by atoms with Crippen LogP contribution in [0.4, 0.5) is 5.69 Å². The van der Waals surface area contributed by atoms with Gasteiger partial charge in [-0.3, -0.25) is 9.69 Å². The van der Waals surface area contributed by atoms with Crippen LogP contribution in [0, 0.1) is 0 Å². The molecule has 1 amide bonds. The van der Waals surface area contributed by atoms with Gasteiger partial charge in [0.2, 0.25) is 0 Å². The summed E-state index contributed by atoms with van der Waals surface area (Å²) < 4.78 is 4.89. The van der Waals surface area contributed by atoms with Gasteiger partial charge in [-0.25, -0.2) is 4.79 Å². The van der Waals surface area contributed by atoms with E-state index < -0.39 is 5.97 Å². The molecule has 0 unspecified atom stereocenters. The highest BCUT2D eigenvalue weighted by Gasteiger charge is 2.37. The van der Waals surface area contributed by atoms with Crippen LogP contribution in [0.15, 0.2) is 77.5 Å². The minimum Gasteiger partial charge on any atom is -0.465 e. The molecular formula is C20H17NO3. The maximum absolute atomic E-state index is 13.0. The van der Waals surface area contributed by atoms with Gasteiger partial charge in [-0.15, -0.1) is 0 Å². The fraction of sp³-hybridized carbons (Fsp3) is 0.100. The summed E-state index contributed by atoms with van der Waals surface area (Å²) >= 11 is 0. The average Bonchev–Trinajstić information content (AvgIpc) is 2.86. The number of esters is 1. The van der Waals surface area contributed by atoms with Crippen molar-refractivity contribution in [3.63, 3.8) is 0 Å². The molecule has 1 aliphatic heterocycles. The lowest BCUT2D eigenvalue weighted by molar-refractivity contribution is -0.136. The van der Waals surface area contributed by atoms with Crippen molar-refractivity contribution in [3.05, 3.63) is 83.1 Å². The molecule has 1 heterocycles. The Balaban J connectivity index is 2.14. The van der Waals surface area contributed by atoms with Crippen molar-refractivity contribution in [1.29, 1.82) is 0 Å². The van der Waals surface area contributed by atoms with E-state index in [1.165, 1.54) is 7.11 Å². The number of carbonyl (C=O) groups is 2. The molecule has 0 spiro atoms. The van der Waals surface area contributed by atoms with E-state index in [9.17, 15) is 9.59 Å². The standard InChI is InChI=1S/C20H17NO3/c1-14-18(20(23)24-2)17(13-15-9-5-3-6-10-15)19(22)21(14)16-11-7-4-8-12-16/h3-13H,1-2H3/b17-13-. The zero-order valence-electron chi connectivity index (χ0n) is 13.5. The number of methoxy groups -OCH3 is 1.